The van der Waals surface area contributed by atoms with E-state index in [-0.39, 0.29) is 11.6 Å². The van der Waals surface area contributed by atoms with Crippen LogP contribution in [-0.2, 0) is 11.2 Å². The highest BCUT2D eigenvalue weighted by Gasteiger charge is 2.23. The van der Waals surface area contributed by atoms with E-state index in [9.17, 15) is 14.9 Å². The van der Waals surface area contributed by atoms with Crippen molar-refractivity contribution >= 4 is 18.0 Å². The van der Waals surface area contributed by atoms with Crippen molar-refractivity contribution in [3.63, 3.8) is 0 Å². The molecule has 0 aliphatic heterocycles. The largest absolute Gasteiger partial charge is 0.302 e. The first-order valence-electron chi connectivity index (χ1n) is 7.17. The van der Waals surface area contributed by atoms with Crippen LogP contribution < -0.4 is 0 Å². The number of aryl methyl sites for hydroxylation is 1. The number of carbonyl (C=O) groups excluding carboxylic acids is 1. The fraction of sp³-hybridized carbons (Fsp3) is 0.167. The monoisotopic (exact) mass is 293 g/mol. The summed E-state index contributed by atoms with van der Waals surface area (Å²) in [6.07, 6.45) is 4.55. The smallest absolute Gasteiger partial charge is 0.270 e. The molecule has 3 rings (SSSR count). The number of allylic oxidation sites excluding steroid dienone is 1. The minimum Gasteiger partial charge on any atom is -0.302 e. The van der Waals surface area contributed by atoms with Crippen molar-refractivity contribution in [2.75, 3.05) is 0 Å². The Labute approximate surface area is 128 Å². The maximum atomic E-state index is 11.5. The molecule has 1 atom stereocenters. The van der Waals surface area contributed by atoms with Gasteiger partial charge in [0.25, 0.3) is 5.69 Å². The molecule has 110 valence electrons. The Morgan fingerprint density at radius 2 is 1.91 bits per heavy atom. The summed E-state index contributed by atoms with van der Waals surface area (Å²) in [5.74, 6) is -0.260. The Kier molecular flexibility index (Phi) is 3.83. The molecule has 2 aromatic rings. The van der Waals surface area contributed by atoms with Crippen LogP contribution in [0.15, 0.2) is 54.1 Å². The number of hydrogen-bond donors (Lipinski definition) is 0. The molecule has 1 aliphatic rings. The molecule has 0 spiro atoms. The summed E-state index contributed by atoms with van der Waals surface area (Å²) in [5, 5.41) is 10.9. The zero-order valence-electron chi connectivity index (χ0n) is 11.9. The zero-order valence-corrected chi connectivity index (χ0v) is 11.9. The van der Waals surface area contributed by atoms with Crippen LogP contribution in [0.5, 0.6) is 0 Å². The standard InChI is InChI=1S/C18H15NO3/c20-12-18-15(9-8-14-5-1-2-7-17(14)18)10-13-4-3-6-16(11-13)19(21)22/h1-7,10-12,18H,8-9H2. The number of carbonyl (C=O) groups is 1. The fourth-order valence-electron chi connectivity index (χ4n) is 2.96. The molecular formula is C18H15NO3. The third-order valence-electron chi connectivity index (χ3n) is 4.04. The van der Waals surface area contributed by atoms with E-state index in [1.807, 2.05) is 30.3 Å². The average Bonchev–Trinajstić information content (AvgIpc) is 2.55. The molecule has 4 nitrogen and oxygen atoms in total. The lowest BCUT2D eigenvalue weighted by Crippen LogP contribution is -2.13. The first-order valence-corrected chi connectivity index (χ1v) is 7.17. The molecule has 0 aromatic heterocycles. The predicted molar refractivity (Wildman–Crippen MR) is 84.6 cm³/mol. The second kappa shape index (κ2) is 5.93. The first kappa shape index (κ1) is 14.2. The lowest BCUT2D eigenvalue weighted by Gasteiger charge is -2.24. The van der Waals surface area contributed by atoms with E-state index in [1.165, 1.54) is 17.7 Å². The van der Waals surface area contributed by atoms with Crippen LogP contribution in [0.3, 0.4) is 0 Å². The molecule has 4 heteroatoms. The normalized spacial score (nSPS) is 18.7. The van der Waals surface area contributed by atoms with Gasteiger partial charge in [-0.05, 0) is 29.5 Å². The van der Waals surface area contributed by atoms with Crippen molar-refractivity contribution < 1.29 is 9.72 Å². The topological polar surface area (TPSA) is 60.2 Å². The Bertz CT molecular complexity index is 764. The third-order valence-corrected chi connectivity index (χ3v) is 4.04. The van der Waals surface area contributed by atoms with Gasteiger partial charge in [-0.2, -0.15) is 0 Å². The molecule has 0 fully saturated rings. The number of benzene rings is 2. The van der Waals surface area contributed by atoms with Gasteiger partial charge in [0.15, 0.2) is 0 Å². The lowest BCUT2D eigenvalue weighted by atomic mass is 9.79. The number of nitro groups is 1. The molecule has 22 heavy (non-hydrogen) atoms. The van der Waals surface area contributed by atoms with E-state index >= 15 is 0 Å². The van der Waals surface area contributed by atoms with Crippen molar-refractivity contribution in [3.8, 4) is 0 Å². The van der Waals surface area contributed by atoms with Crippen molar-refractivity contribution in [2.24, 2.45) is 0 Å². The number of aldehydes is 1. The Morgan fingerprint density at radius 3 is 2.68 bits per heavy atom. The van der Waals surface area contributed by atoms with Crippen molar-refractivity contribution in [1.29, 1.82) is 0 Å². The summed E-state index contributed by atoms with van der Waals surface area (Å²) < 4.78 is 0. The summed E-state index contributed by atoms with van der Waals surface area (Å²) in [6, 6.07) is 14.4. The van der Waals surface area contributed by atoms with E-state index in [0.29, 0.717) is 0 Å². The molecular weight excluding hydrogens is 278 g/mol. The predicted octanol–water partition coefficient (Wildman–Crippen LogP) is 3.91. The quantitative estimate of drug-likeness (QED) is 0.490. The SMILES string of the molecule is O=CC1C(=Cc2cccc([N+](=O)[O-])c2)CCc2ccccc21. The van der Waals surface area contributed by atoms with E-state index in [4.69, 9.17) is 0 Å². The third kappa shape index (κ3) is 2.68. The summed E-state index contributed by atoms with van der Waals surface area (Å²) in [4.78, 5) is 22.0. The van der Waals surface area contributed by atoms with E-state index < -0.39 is 4.92 Å². The van der Waals surface area contributed by atoms with Gasteiger partial charge >= 0.3 is 0 Å². The maximum Gasteiger partial charge on any atom is 0.270 e. The fourth-order valence-corrected chi connectivity index (χ4v) is 2.96. The summed E-state index contributed by atoms with van der Waals surface area (Å²) in [7, 11) is 0. The first-order chi connectivity index (χ1) is 10.7. The second-order valence-electron chi connectivity index (χ2n) is 5.38. The number of nitrogens with zero attached hydrogens (tertiary/aromatic N) is 1. The maximum absolute atomic E-state index is 11.5. The minimum atomic E-state index is -0.407. The molecule has 0 radical (unpaired) electrons. The molecule has 0 saturated heterocycles. The van der Waals surface area contributed by atoms with Gasteiger partial charge in [-0.3, -0.25) is 10.1 Å². The number of rotatable bonds is 3. The highest BCUT2D eigenvalue weighted by molar-refractivity contribution is 5.74. The molecule has 0 heterocycles. The van der Waals surface area contributed by atoms with Gasteiger partial charge in [-0.15, -0.1) is 0 Å². The van der Waals surface area contributed by atoms with Crippen molar-refractivity contribution in [2.45, 2.75) is 18.8 Å². The molecule has 1 unspecified atom stereocenters. The van der Waals surface area contributed by atoms with Crippen LogP contribution in [-0.4, -0.2) is 11.2 Å². The van der Waals surface area contributed by atoms with Gasteiger partial charge in [0.1, 0.15) is 6.29 Å². The zero-order chi connectivity index (χ0) is 15.5. The van der Waals surface area contributed by atoms with E-state index in [1.54, 1.807) is 6.07 Å². The highest BCUT2D eigenvalue weighted by Crippen LogP contribution is 2.35. The minimum absolute atomic E-state index is 0.0632. The molecule has 1 aliphatic carbocycles. The van der Waals surface area contributed by atoms with Gasteiger partial charge < -0.3 is 4.79 Å². The van der Waals surface area contributed by atoms with Crippen LogP contribution >= 0.6 is 0 Å². The summed E-state index contributed by atoms with van der Waals surface area (Å²) in [5.41, 5.74) is 4.08. The van der Waals surface area contributed by atoms with Gasteiger partial charge in [-0.25, -0.2) is 0 Å². The number of nitro benzene ring substituents is 1. The highest BCUT2D eigenvalue weighted by atomic mass is 16.6. The van der Waals surface area contributed by atoms with Gasteiger partial charge in [0.2, 0.25) is 0 Å². The Morgan fingerprint density at radius 1 is 1.09 bits per heavy atom. The van der Waals surface area contributed by atoms with Crippen LogP contribution in [0.2, 0.25) is 0 Å². The van der Waals surface area contributed by atoms with Crippen LogP contribution in [0.25, 0.3) is 6.08 Å². The average molecular weight is 293 g/mol. The second-order valence-corrected chi connectivity index (χ2v) is 5.38. The lowest BCUT2D eigenvalue weighted by molar-refractivity contribution is -0.384. The summed E-state index contributed by atoms with van der Waals surface area (Å²) in [6.45, 7) is 0. The van der Waals surface area contributed by atoms with Crippen LogP contribution in [0, 0.1) is 10.1 Å². The van der Waals surface area contributed by atoms with Crippen molar-refractivity contribution in [1.82, 2.24) is 0 Å². The molecule has 2 aromatic carbocycles. The number of hydrogen-bond acceptors (Lipinski definition) is 3. The van der Waals surface area contributed by atoms with Crippen molar-refractivity contribution in [3.05, 3.63) is 80.9 Å². The van der Waals surface area contributed by atoms with Crippen LogP contribution in [0.4, 0.5) is 5.69 Å². The summed E-state index contributed by atoms with van der Waals surface area (Å²) >= 11 is 0. The molecule has 0 bridgehead atoms. The Balaban J connectivity index is 1.99. The van der Waals surface area contributed by atoms with Gasteiger partial charge in [-0.1, -0.05) is 48.0 Å². The molecule has 0 N–H and O–H groups in total. The Hall–Kier alpha value is -2.75. The van der Waals surface area contributed by atoms with E-state index in [2.05, 4.69) is 6.07 Å². The number of fused-ring (bicyclic) bond motifs is 1. The van der Waals surface area contributed by atoms with Gasteiger partial charge in [0.05, 0.1) is 10.8 Å². The molecule has 0 amide bonds. The van der Waals surface area contributed by atoms with Crippen LogP contribution in [0.1, 0.15) is 29.0 Å². The van der Waals surface area contributed by atoms with E-state index in [0.717, 1.165) is 35.8 Å². The number of non-ortho nitro benzene ring substituents is 1. The molecule has 0 saturated carbocycles. The van der Waals surface area contributed by atoms with Gasteiger partial charge in [0, 0.05) is 12.1 Å².